The number of rotatable bonds is 2. The number of carbonyl (C=O) groups excluding carboxylic acids is 1. The SMILES string of the molecule is COC1CCC2(C1)NC(=O)C(c1c(C)cc(Br)cc1C)=C2O. The van der Waals surface area contributed by atoms with E-state index in [-0.39, 0.29) is 17.8 Å². The predicted molar refractivity (Wildman–Crippen MR) is 88.7 cm³/mol. The monoisotopic (exact) mass is 365 g/mol. The van der Waals surface area contributed by atoms with E-state index in [1.807, 2.05) is 26.0 Å². The van der Waals surface area contributed by atoms with Gasteiger partial charge < -0.3 is 15.2 Å². The molecule has 4 nitrogen and oxygen atoms in total. The van der Waals surface area contributed by atoms with Crippen molar-refractivity contribution in [3.8, 4) is 0 Å². The van der Waals surface area contributed by atoms with E-state index in [1.165, 1.54) is 0 Å². The van der Waals surface area contributed by atoms with Crippen LogP contribution < -0.4 is 5.32 Å². The van der Waals surface area contributed by atoms with Crippen LogP contribution in [0.3, 0.4) is 0 Å². The summed E-state index contributed by atoms with van der Waals surface area (Å²) in [4.78, 5) is 12.5. The van der Waals surface area contributed by atoms with Crippen LogP contribution in [0.4, 0.5) is 0 Å². The van der Waals surface area contributed by atoms with Crippen LogP contribution in [0.5, 0.6) is 0 Å². The van der Waals surface area contributed by atoms with Crippen LogP contribution in [0, 0.1) is 13.8 Å². The number of benzene rings is 1. The fraction of sp³-hybridized carbons (Fsp3) is 0.471. The molecule has 5 heteroatoms. The van der Waals surface area contributed by atoms with E-state index in [0.717, 1.165) is 27.6 Å². The summed E-state index contributed by atoms with van der Waals surface area (Å²) >= 11 is 3.47. The number of aryl methyl sites for hydroxylation is 2. The molecule has 0 saturated heterocycles. The Morgan fingerprint density at radius 1 is 1.36 bits per heavy atom. The zero-order chi connectivity index (χ0) is 16.1. The molecule has 2 unspecified atom stereocenters. The normalized spacial score (nSPS) is 27.8. The quantitative estimate of drug-likeness (QED) is 0.844. The molecule has 1 fully saturated rings. The molecule has 1 aromatic carbocycles. The Bertz CT molecular complexity index is 659. The van der Waals surface area contributed by atoms with Gasteiger partial charge in [-0.3, -0.25) is 4.79 Å². The van der Waals surface area contributed by atoms with E-state index in [2.05, 4.69) is 21.2 Å². The lowest BCUT2D eigenvalue weighted by Crippen LogP contribution is -2.42. The summed E-state index contributed by atoms with van der Waals surface area (Å²) in [6, 6.07) is 3.93. The first-order valence-electron chi connectivity index (χ1n) is 7.44. The van der Waals surface area contributed by atoms with Crippen molar-refractivity contribution in [2.24, 2.45) is 0 Å². The number of aliphatic hydroxyl groups is 1. The molecule has 1 heterocycles. The third kappa shape index (κ3) is 2.27. The fourth-order valence-electron chi connectivity index (χ4n) is 3.75. The second-order valence-corrected chi connectivity index (χ2v) is 7.19. The Labute approximate surface area is 138 Å². The minimum atomic E-state index is -0.654. The molecule has 1 aromatic rings. The van der Waals surface area contributed by atoms with Gasteiger partial charge in [-0.15, -0.1) is 0 Å². The average Bonchev–Trinajstić information content (AvgIpc) is 2.95. The molecule has 22 heavy (non-hydrogen) atoms. The maximum atomic E-state index is 12.5. The Kier molecular flexibility index (Phi) is 3.81. The second kappa shape index (κ2) is 5.39. The van der Waals surface area contributed by atoms with Crippen molar-refractivity contribution in [3.63, 3.8) is 0 Å². The minimum Gasteiger partial charge on any atom is -0.509 e. The molecule has 0 bridgehead atoms. The van der Waals surface area contributed by atoms with Gasteiger partial charge in [0.1, 0.15) is 11.3 Å². The van der Waals surface area contributed by atoms with E-state index in [0.29, 0.717) is 18.4 Å². The van der Waals surface area contributed by atoms with Crippen LogP contribution in [0.15, 0.2) is 22.4 Å². The summed E-state index contributed by atoms with van der Waals surface area (Å²) in [5.74, 6) is -0.0200. The summed E-state index contributed by atoms with van der Waals surface area (Å²) in [5, 5.41) is 13.8. The first-order chi connectivity index (χ1) is 10.4. The van der Waals surface area contributed by atoms with Crippen LogP contribution in [0.2, 0.25) is 0 Å². The number of aliphatic hydroxyl groups excluding tert-OH is 1. The third-order valence-electron chi connectivity index (χ3n) is 4.82. The van der Waals surface area contributed by atoms with E-state index in [1.54, 1.807) is 7.11 Å². The molecule has 1 amide bonds. The second-order valence-electron chi connectivity index (χ2n) is 6.27. The number of amides is 1. The zero-order valence-electron chi connectivity index (χ0n) is 13.0. The maximum absolute atomic E-state index is 12.5. The first-order valence-corrected chi connectivity index (χ1v) is 8.23. The number of nitrogens with one attached hydrogen (secondary N) is 1. The summed E-state index contributed by atoms with van der Waals surface area (Å²) in [6.45, 7) is 3.91. The predicted octanol–water partition coefficient (Wildman–Crippen LogP) is 3.40. The molecule has 1 aliphatic carbocycles. The number of hydrogen-bond donors (Lipinski definition) is 2. The number of ether oxygens (including phenoxy) is 1. The van der Waals surface area contributed by atoms with Gasteiger partial charge in [0.15, 0.2) is 0 Å². The summed E-state index contributed by atoms with van der Waals surface area (Å²) < 4.78 is 6.37. The first kappa shape index (κ1) is 15.6. The molecular formula is C17H20BrNO3. The molecule has 1 spiro atoms. The lowest BCUT2D eigenvalue weighted by atomic mass is 9.90. The highest BCUT2D eigenvalue weighted by atomic mass is 79.9. The zero-order valence-corrected chi connectivity index (χ0v) is 14.6. The van der Waals surface area contributed by atoms with Crippen LogP contribution >= 0.6 is 15.9 Å². The largest absolute Gasteiger partial charge is 0.509 e. The lowest BCUT2D eigenvalue weighted by molar-refractivity contribution is -0.116. The Morgan fingerprint density at radius 2 is 2.00 bits per heavy atom. The van der Waals surface area contributed by atoms with Crippen molar-refractivity contribution >= 4 is 27.4 Å². The average molecular weight is 366 g/mol. The molecule has 2 N–H and O–H groups in total. The van der Waals surface area contributed by atoms with Crippen LogP contribution in [0.25, 0.3) is 5.57 Å². The van der Waals surface area contributed by atoms with Gasteiger partial charge in [0.25, 0.3) is 5.91 Å². The van der Waals surface area contributed by atoms with Crippen molar-refractivity contribution in [1.82, 2.24) is 5.32 Å². The smallest absolute Gasteiger partial charge is 0.256 e. The van der Waals surface area contributed by atoms with Gasteiger partial charge in [0.2, 0.25) is 0 Å². The standard InChI is InChI=1S/C17H20BrNO3/c1-9-6-11(18)7-10(2)13(9)14-15(20)17(19-16(14)21)5-4-12(8-17)22-3/h6-7,12,20H,4-5,8H2,1-3H3,(H,19,21). The third-order valence-corrected chi connectivity index (χ3v) is 5.28. The highest BCUT2D eigenvalue weighted by Gasteiger charge is 2.51. The highest BCUT2D eigenvalue weighted by molar-refractivity contribution is 9.10. The minimum absolute atomic E-state index is 0.0777. The molecule has 0 radical (unpaired) electrons. The van der Waals surface area contributed by atoms with Crippen LogP contribution in [-0.4, -0.2) is 29.8 Å². The highest BCUT2D eigenvalue weighted by Crippen LogP contribution is 2.44. The molecular weight excluding hydrogens is 346 g/mol. The fourth-order valence-corrected chi connectivity index (χ4v) is 4.44. The Balaban J connectivity index is 2.11. The van der Waals surface area contributed by atoms with Gasteiger partial charge in [0, 0.05) is 18.0 Å². The molecule has 0 aromatic heterocycles. The Hall–Kier alpha value is -1.33. The van der Waals surface area contributed by atoms with Gasteiger partial charge in [-0.25, -0.2) is 0 Å². The Morgan fingerprint density at radius 3 is 2.55 bits per heavy atom. The number of carbonyl (C=O) groups is 1. The molecule has 2 aliphatic rings. The topological polar surface area (TPSA) is 58.6 Å². The van der Waals surface area contributed by atoms with Crippen molar-refractivity contribution in [1.29, 1.82) is 0 Å². The summed E-state index contributed by atoms with van der Waals surface area (Å²) in [7, 11) is 1.67. The van der Waals surface area contributed by atoms with Gasteiger partial charge >= 0.3 is 0 Å². The van der Waals surface area contributed by atoms with Crippen molar-refractivity contribution in [2.45, 2.75) is 44.8 Å². The van der Waals surface area contributed by atoms with Crippen LogP contribution in [0.1, 0.15) is 36.0 Å². The lowest BCUT2D eigenvalue weighted by Gasteiger charge is -2.23. The molecule has 1 saturated carbocycles. The van der Waals surface area contributed by atoms with Gasteiger partial charge in [-0.2, -0.15) is 0 Å². The van der Waals surface area contributed by atoms with Crippen molar-refractivity contribution in [2.75, 3.05) is 7.11 Å². The van der Waals surface area contributed by atoms with Gasteiger partial charge in [0.05, 0.1) is 11.7 Å². The van der Waals surface area contributed by atoms with Crippen molar-refractivity contribution < 1.29 is 14.6 Å². The number of halogens is 1. The van der Waals surface area contributed by atoms with E-state index in [9.17, 15) is 9.90 Å². The van der Waals surface area contributed by atoms with Crippen LogP contribution in [-0.2, 0) is 9.53 Å². The van der Waals surface area contributed by atoms with E-state index in [4.69, 9.17) is 4.74 Å². The molecule has 3 rings (SSSR count). The molecule has 118 valence electrons. The molecule has 1 aliphatic heterocycles. The van der Waals surface area contributed by atoms with E-state index >= 15 is 0 Å². The number of hydrogen-bond acceptors (Lipinski definition) is 3. The summed E-state index contributed by atoms with van der Waals surface area (Å²) in [5.41, 5.74) is 2.54. The maximum Gasteiger partial charge on any atom is 0.256 e. The number of methoxy groups -OCH3 is 1. The molecule has 2 atom stereocenters. The van der Waals surface area contributed by atoms with Gasteiger partial charge in [-0.1, -0.05) is 15.9 Å². The summed E-state index contributed by atoms with van der Waals surface area (Å²) in [6.07, 6.45) is 2.25. The van der Waals surface area contributed by atoms with E-state index < -0.39 is 5.54 Å². The van der Waals surface area contributed by atoms with Gasteiger partial charge in [-0.05, 0) is 55.5 Å². The van der Waals surface area contributed by atoms with Crippen molar-refractivity contribution in [3.05, 3.63) is 39.1 Å².